The Kier molecular flexibility index (Phi) is 7.63. The third kappa shape index (κ3) is 5.69. The Hall–Kier alpha value is -2.15. The topological polar surface area (TPSA) is 90.7 Å². The van der Waals surface area contributed by atoms with E-state index in [4.69, 9.17) is 50.0 Å². The second-order valence-electron chi connectivity index (χ2n) is 6.91. The lowest BCUT2D eigenvalue weighted by molar-refractivity contribution is -0.119. The van der Waals surface area contributed by atoms with Gasteiger partial charge in [0.05, 0.1) is 12.1 Å². The molecule has 6 nitrogen and oxygen atoms in total. The van der Waals surface area contributed by atoms with E-state index < -0.39 is 11.3 Å². The van der Waals surface area contributed by atoms with E-state index in [0.29, 0.717) is 10.0 Å². The molecule has 9 heteroatoms. The first-order valence-corrected chi connectivity index (χ1v) is 9.71. The van der Waals surface area contributed by atoms with Crippen LogP contribution in [0.1, 0.15) is 29.8 Å². The molecule has 0 radical (unpaired) electrons. The summed E-state index contributed by atoms with van der Waals surface area (Å²) in [6.45, 7) is 3.76. The summed E-state index contributed by atoms with van der Waals surface area (Å²) in [6, 6.07) is 8.15. The number of benzene rings is 2. The Bertz CT molecular complexity index is 912. The van der Waals surface area contributed by atoms with Gasteiger partial charge in [0.1, 0.15) is 0 Å². The van der Waals surface area contributed by atoms with Crippen molar-refractivity contribution in [3.05, 3.63) is 56.5 Å². The third-order valence-corrected chi connectivity index (χ3v) is 5.09. The average Bonchev–Trinajstić information content (AvgIpc) is 2.64. The van der Waals surface area contributed by atoms with Crippen LogP contribution < -0.4 is 20.5 Å². The number of hydrogen-bond acceptors (Lipinski definition) is 4. The summed E-state index contributed by atoms with van der Waals surface area (Å²) in [5, 5.41) is 4.02. The number of methoxy groups -OCH3 is 1. The van der Waals surface area contributed by atoms with Gasteiger partial charge in [-0.2, -0.15) is 0 Å². The van der Waals surface area contributed by atoms with Crippen LogP contribution in [0.25, 0.3) is 0 Å². The minimum atomic E-state index is -0.662. The van der Waals surface area contributed by atoms with E-state index in [9.17, 15) is 9.59 Å². The monoisotopic (exact) mass is 458 g/mol. The number of halogens is 3. The fourth-order valence-corrected chi connectivity index (χ4v) is 3.94. The van der Waals surface area contributed by atoms with E-state index in [1.54, 1.807) is 18.2 Å². The van der Waals surface area contributed by atoms with Crippen molar-refractivity contribution in [3.63, 3.8) is 0 Å². The molecule has 0 saturated heterocycles. The van der Waals surface area contributed by atoms with Gasteiger partial charge in [-0.3, -0.25) is 9.59 Å². The number of nitrogens with one attached hydrogen (secondary N) is 1. The lowest BCUT2D eigenvalue weighted by Gasteiger charge is -2.28. The quantitative estimate of drug-likeness (QED) is 0.618. The zero-order valence-electron chi connectivity index (χ0n) is 16.1. The lowest BCUT2D eigenvalue weighted by Crippen LogP contribution is -2.37. The Morgan fingerprint density at radius 3 is 2.28 bits per heavy atom. The van der Waals surface area contributed by atoms with Crippen molar-refractivity contribution in [2.45, 2.75) is 19.3 Å². The van der Waals surface area contributed by atoms with Gasteiger partial charge >= 0.3 is 0 Å². The van der Waals surface area contributed by atoms with Crippen LogP contribution in [0.4, 0.5) is 0 Å². The largest absolute Gasteiger partial charge is 0.493 e. The van der Waals surface area contributed by atoms with Crippen LogP contribution in [0.15, 0.2) is 30.3 Å². The first-order valence-electron chi connectivity index (χ1n) is 8.58. The molecule has 0 aliphatic carbocycles. The van der Waals surface area contributed by atoms with Crippen molar-refractivity contribution >= 4 is 46.6 Å². The number of carbonyl (C=O) groups excluding carboxylic acids is 2. The second-order valence-corrected chi connectivity index (χ2v) is 8.13. The van der Waals surface area contributed by atoms with Gasteiger partial charge in [-0.05, 0) is 29.8 Å². The molecule has 0 fully saturated rings. The molecule has 2 aromatic carbocycles. The molecule has 156 valence electrons. The highest BCUT2D eigenvalue weighted by atomic mass is 35.5. The van der Waals surface area contributed by atoms with Crippen LogP contribution in [0, 0.1) is 0 Å². The van der Waals surface area contributed by atoms with Gasteiger partial charge in [-0.15, -0.1) is 0 Å². The van der Waals surface area contributed by atoms with E-state index in [-0.39, 0.29) is 41.1 Å². The van der Waals surface area contributed by atoms with Crippen LogP contribution in [0.3, 0.4) is 0 Å². The summed E-state index contributed by atoms with van der Waals surface area (Å²) in [5.41, 5.74) is 5.56. The fourth-order valence-electron chi connectivity index (χ4n) is 2.77. The number of ether oxygens (including phenoxy) is 2. The summed E-state index contributed by atoms with van der Waals surface area (Å²) in [4.78, 5) is 23.6. The maximum Gasteiger partial charge on any atom is 0.255 e. The van der Waals surface area contributed by atoms with E-state index >= 15 is 0 Å². The van der Waals surface area contributed by atoms with Gasteiger partial charge in [-0.25, -0.2) is 0 Å². The van der Waals surface area contributed by atoms with Gasteiger partial charge in [0.25, 0.3) is 11.8 Å². The van der Waals surface area contributed by atoms with E-state index in [1.807, 2.05) is 13.8 Å². The lowest BCUT2D eigenvalue weighted by atomic mass is 9.84. The van der Waals surface area contributed by atoms with Crippen LogP contribution in [0.2, 0.25) is 15.1 Å². The van der Waals surface area contributed by atoms with Crippen molar-refractivity contribution < 1.29 is 19.1 Å². The molecule has 0 spiro atoms. The summed E-state index contributed by atoms with van der Waals surface area (Å²) in [7, 11) is 1.40. The second kappa shape index (κ2) is 9.57. The predicted molar refractivity (Wildman–Crippen MR) is 115 cm³/mol. The van der Waals surface area contributed by atoms with E-state index in [2.05, 4.69) is 5.32 Å². The first kappa shape index (κ1) is 23.1. The van der Waals surface area contributed by atoms with Gasteiger partial charge < -0.3 is 20.5 Å². The summed E-state index contributed by atoms with van der Waals surface area (Å²) in [5.74, 6) is -0.696. The molecular weight excluding hydrogens is 439 g/mol. The highest BCUT2D eigenvalue weighted by molar-refractivity contribution is 6.36. The van der Waals surface area contributed by atoms with Gasteiger partial charge in [-0.1, -0.05) is 54.7 Å². The number of amides is 2. The van der Waals surface area contributed by atoms with Crippen molar-refractivity contribution in [1.82, 2.24) is 5.32 Å². The molecule has 29 heavy (non-hydrogen) atoms. The minimum absolute atomic E-state index is 0.115. The Morgan fingerprint density at radius 2 is 1.72 bits per heavy atom. The van der Waals surface area contributed by atoms with Crippen molar-refractivity contribution in [1.29, 1.82) is 0 Å². The number of rotatable bonds is 8. The zero-order chi connectivity index (χ0) is 21.8. The zero-order valence-corrected chi connectivity index (χ0v) is 18.4. The average molecular weight is 460 g/mol. The number of hydrogen-bond donors (Lipinski definition) is 2. The van der Waals surface area contributed by atoms with Crippen LogP contribution in [0.5, 0.6) is 11.5 Å². The molecule has 0 aliphatic heterocycles. The number of primary amides is 1. The van der Waals surface area contributed by atoms with Crippen molar-refractivity contribution in [2.24, 2.45) is 5.73 Å². The van der Waals surface area contributed by atoms with Gasteiger partial charge in [0, 0.05) is 27.6 Å². The third-order valence-electron chi connectivity index (χ3n) is 4.18. The number of nitrogens with two attached hydrogens (primary N) is 1. The smallest absolute Gasteiger partial charge is 0.255 e. The molecule has 2 rings (SSSR count). The molecule has 0 unspecified atom stereocenters. The molecule has 0 saturated carbocycles. The van der Waals surface area contributed by atoms with Gasteiger partial charge in [0.15, 0.2) is 18.1 Å². The molecule has 0 aliphatic rings. The summed E-state index contributed by atoms with van der Waals surface area (Å²) >= 11 is 18.8. The summed E-state index contributed by atoms with van der Waals surface area (Å²) < 4.78 is 10.5. The fraction of sp³-hybridized carbons (Fsp3) is 0.300. The van der Waals surface area contributed by atoms with Crippen LogP contribution >= 0.6 is 34.8 Å². The van der Waals surface area contributed by atoms with Crippen molar-refractivity contribution in [2.75, 3.05) is 20.3 Å². The highest BCUT2D eigenvalue weighted by Gasteiger charge is 2.27. The maximum absolute atomic E-state index is 12.7. The molecule has 3 N–H and O–H groups in total. The first-order chi connectivity index (χ1) is 13.6. The highest BCUT2D eigenvalue weighted by Crippen LogP contribution is 2.37. The maximum atomic E-state index is 12.7. The molecule has 0 bridgehead atoms. The number of carbonyl (C=O) groups is 2. The standard InChI is InChI=1S/C20H21Cl3N2O4/c1-20(2,17-12(21)5-4-6-13(17)22)10-25-19(27)11-7-14(23)18(15(8-11)28-3)29-9-16(24)26/h4-8H,9-10H2,1-3H3,(H2,24,26)(H,25,27). The normalized spacial score (nSPS) is 11.1. The SMILES string of the molecule is COc1cc(C(=O)NCC(C)(C)c2c(Cl)cccc2Cl)cc(Cl)c1OCC(N)=O. The van der Waals surface area contributed by atoms with Gasteiger partial charge in [0.2, 0.25) is 0 Å². The van der Waals surface area contributed by atoms with E-state index in [1.165, 1.54) is 19.2 Å². The molecular formula is C20H21Cl3N2O4. The molecule has 2 amide bonds. The molecule has 0 heterocycles. The molecule has 2 aromatic rings. The van der Waals surface area contributed by atoms with Crippen molar-refractivity contribution in [3.8, 4) is 11.5 Å². The Labute approximate surface area is 184 Å². The molecule has 0 aromatic heterocycles. The van der Waals surface area contributed by atoms with Crippen LogP contribution in [-0.4, -0.2) is 32.1 Å². The van der Waals surface area contributed by atoms with Crippen LogP contribution in [-0.2, 0) is 10.2 Å². The summed E-state index contributed by atoms with van der Waals surface area (Å²) in [6.07, 6.45) is 0. The molecule has 0 atom stereocenters. The Morgan fingerprint density at radius 1 is 1.10 bits per heavy atom. The van der Waals surface area contributed by atoms with E-state index in [0.717, 1.165) is 5.56 Å². The minimum Gasteiger partial charge on any atom is -0.493 e. The predicted octanol–water partition coefficient (Wildman–Crippen LogP) is 4.23. The Balaban J connectivity index is 2.20.